The lowest BCUT2D eigenvalue weighted by atomic mass is 10.2. The van der Waals surface area contributed by atoms with Gasteiger partial charge in [0, 0.05) is 17.0 Å². The number of hydrogen-bond acceptors (Lipinski definition) is 4. The second kappa shape index (κ2) is 7.79. The van der Waals surface area contributed by atoms with Gasteiger partial charge in [0.05, 0.1) is 12.8 Å². The molecule has 0 radical (unpaired) electrons. The largest absolute Gasteiger partial charge is 0.497 e. The Kier molecular flexibility index (Phi) is 5.77. The van der Waals surface area contributed by atoms with Crippen molar-refractivity contribution in [2.45, 2.75) is 32.7 Å². The molecule has 0 atom stereocenters. The Morgan fingerprint density at radius 3 is 2.55 bits per heavy atom. The SMILES string of the molecule is CCC(CC)NC(=O)Nc1nc(-c2ccc(OC)cc2)cs1. The van der Waals surface area contributed by atoms with E-state index in [9.17, 15) is 4.79 Å². The van der Waals surface area contributed by atoms with Crippen LogP contribution in [0.2, 0.25) is 0 Å². The number of anilines is 1. The van der Waals surface area contributed by atoms with Crippen LogP contribution >= 0.6 is 11.3 Å². The van der Waals surface area contributed by atoms with E-state index < -0.39 is 0 Å². The number of benzene rings is 1. The van der Waals surface area contributed by atoms with Gasteiger partial charge in [-0.1, -0.05) is 13.8 Å². The lowest BCUT2D eigenvalue weighted by Gasteiger charge is -2.14. The Morgan fingerprint density at radius 1 is 1.27 bits per heavy atom. The molecule has 1 aromatic heterocycles. The maximum absolute atomic E-state index is 11.9. The van der Waals surface area contributed by atoms with Crippen LogP contribution in [0, 0.1) is 0 Å². The van der Waals surface area contributed by atoms with Crippen molar-refractivity contribution in [3.8, 4) is 17.0 Å². The highest BCUT2D eigenvalue weighted by Gasteiger charge is 2.11. The van der Waals surface area contributed by atoms with Crippen molar-refractivity contribution in [1.29, 1.82) is 0 Å². The number of aromatic nitrogens is 1. The number of rotatable bonds is 6. The van der Waals surface area contributed by atoms with Crippen LogP contribution in [0.5, 0.6) is 5.75 Å². The van der Waals surface area contributed by atoms with E-state index in [0.717, 1.165) is 29.8 Å². The molecule has 0 aliphatic carbocycles. The highest BCUT2D eigenvalue weighted by molar-refractivity contribution is 7.14. The second-order valence-electron chi connectivity index (χ2n) is 4.88. The van der Waals surface area contributed by atoms with Gasteiger partial charge in [0.15, 0.2) is 5.13 Å². The molecule has 0 unspecified atom stereocenters. The van der Waals surface area contributed by atoms with Crippen molar-refractivity contribution in [2.24, 2.45) is 0 Å². The molecule has 2 N–H and O–H groups in total. The summed E-state index contributed by atoms with van der Waals surface area (Å²) in [5.74, 6) is 0.807. The fourth-order valence-corrected chi connectivity index (χ4v) is 2.75. The monoisotopic (exact) mass is 319 g/mol. The Balaban J connectivity index is 2.00. The normalized spacial score (nSPS) is 10.5. The van der Waals surface area contributed by atoms with E-state index in [4.69, 9.17) is 4.74 Å². The van der Waals surface area contributed by atoms with Gasteiger partial charge < -0.3 is 10.1 Å². The molecule has 2 amide bonds. The van der Waals surface area contributed by atoms with Gasteiger partial charge >= 0.3 is 6.03 Å². The molecule has 1 heterocycles. The Hall–Kier alpha value is -2.08. The Morgan fingerprint density at radius 2 is 1.95 bits per heavy atom. The fraction of sp³-hybridized carbons (Fsp3) is 0.375. The first kappa shape index (κ1) is 16.3. The minimum Gasteiger partial charge on any atom is -0.497 e. The van der Waals surface area contributed by atoms with Crippen LogP contribution in [-0.4, -0.2) is 24.2 Å². The van der Waals surface area contributed by atoms with E-state index in [1.54, 1.807) is 7.11 Å². The molecule has 0 saturated heterocycles. The van der Waals surface area contributed by atoms with E-state index in [1.807, 2.05) is 29.6 Å². The zero-order chi connectivity index (χ0) is 15.9. The Labute approximate surface area is 134 Å². The molecule has 0 saturated carbocycles. The number of nitrogens with zero attached hydrogens (tertiary/aromatic N) is 1. The van der Waals surface area contributed by atoms with Crippen LogP contribution in [0.4, 0.5) is 9.93 Å². The van der Waals surface area contributed by atoms with Crippen molar-refractivity contribution in [2.75, 3.05) is 12.4 Å². The summed E-state index contributed by atoms with van der Waals surface area (Å²) in [6, 6.07) is 7.66. The van der Waals surface area contributed by atoms with Crippen LogP contribution < -0.4 is 15.4 Å². The number of amides is 2. The number of nitrogens with one attached hydrogen (secondary N) is 2. The molecule has 0 aliphatic rings. The number of ether oxygens (including phenoxy) is 1. The zero-order valence-corrected chi connectivity index (χ0v) is 13.9. The van der Waals surface area contributed by atoms with Gasteiger partial charge in [0.25, 0.3) is 0 Å². The lowest BCUT2D eigenvalue weighted by molar-refractivity contribution is 0.247. The van der Waals surface area contributed by atoms with Gasteiger partial charge in [-0.05, 0) is 37.1 Å². The highest BCUT2D eigenvalue weighted by Crippen LogP contribution is 2.26. The summed E-state index contributed by atoms with van der Waals surface area (Å²) in [5.41, 5.74) is 1.83. The number of urea groups is 1. The van der Waals surface area contributed by atoms with E-state index in [-0.39, 0.29) is 12.1 Å². The van der Waals surface area contributed by atoms with Crippen molar-refractivity contribution < 1.29 is 9.53 Å². The van der Waals surface area contributed by atoms with E-state index in [0.29, 0.717) is 5.13 Å². The topological polar surface area (TPSA) is 63.2 Å². The minimum atomic E-state index is -0.204. The predicted octanol–water partition coefficient (Wildman–Crippen LogP) is 4.13. The molecular formula is C16H21N3O2S. The van der Waals surface area contributed by atoms with Crippen LogP contribution in [-0.2, 0) is 0 Å². The summed E-state index contributed by atoms with van der Waals surface area (Å²) in [7, 11) is 1.64. The van der Waals surface area contributed by atoms with E-state index >= 15 is 0 Å². The molecule has 0 bridgehead atoms. The molecular weight excluding hydrogens is 298 g/mol. The quantitative estimate of drug-likeness (QED) is 0.841. The minimum absolute atomic E-state index is 0.195. The van der Waals surface area contributed by atoms with Crippen molar-refractivity contribution >= 4 is 22.5 Å². The van der Waals surface area contributed by atoms with Crippen LogP contribution in [0.25, 0.3) is 11.3 Å². The third kappa shape index (κ3) is 4.21. The van der Waals surface area contributed by atoms with Crippen LogP contribution in [0.15, 0.2) is 29.6 Å². The summed E-state index contributed by atoms with van der Waals surface area (Å²) in [6.45, 7) is 4.11. The number of thiazole rings is 1. The third-order valence-electron chi connectivity index (χ3n) is 3.43. The van der Waals surface area contributed by atoms with Gasteiger partial charge in [-0.15, -0.1) is 11.3 Å². The summed E-state index contributed by atoms with van der Waals surface area (Å²) in [6.07, 6.45) is 1.83. The van der Waals surface area contributed by atoms with Crippen molar-refractivity contribution in [3.05, 3.63) is 29.6 Å². The van der Waals surface area contributed by atoms with Gasteiger partial charge in [-0.2, -0.15) is 0 Å². The summed E-state index contributed by atoms with van der Waals surface area (Å²) >= 11 is 1.41. The fourth-order valence-electron chi connectivity index (χ4n) is 2.04. The number of carbonyl (C=O) groups is 1. The maximum atomic E-state index is 11.9. The molecule has 118 valence electrons. The number of hydrogen-bond donors (Lipinski definition) is 2. The molecule has 5 nitrogen and oxygen atoms in total. The predicted molar refractivity (Wildman–Crippen MR) is 90.6 cm³/mol. The van der Waals surface area contributed by atoms with Gasteiger partial charge in [-0.25, -0.2) is 9.78 Å². The van der Waals surface area contributed by atoms with E-state index in [2.05, 4.69) is 29.5 Å². The first-order chi connectivity index (χ1) is 10.7. The molecule has 1 aromatic carbocycles. The molecule has 2 rings (SSSR count). The van der Waals surface area contributed by atoms with Crippen LogP contribution in [0.1, 0.15) is 26.7 Å². The molecule has 0 spiro atoms. The van der Waals surface area contributed by atoms with Gasteiger partial charge in [0.2, 0.25) is 0 Å². The lowest BCUT2D eigenvalue weighted by Crippen LogP contribution is -2.37. The third-order valence-corrected chi connectivity index (χ3v) is 4.19. The first-order valence-electron chi connectivity index (χ1n) is 7.33. The molecule has 0 fully saturated rings. The molecule has 22 heavy (non-hydrogen) atoms. The number of methoxy groups -OCH3 is 1. The van der Waals surface area contributed by atoms with Crippen molar-refractivity contribution in [3.63, 3.8) is 0 Å². The second-order valence-corrected chi connectivity index (χ2v) is 5.74. The number of carbonyl (C=O) groups excluding carboxylic acids is 1. The first-order valence-corrected chi connectivity index (χ1v) is 8.21. The molecule has 6 heteroatoms. The standard InChI is InChI=1S/C16H21N3O2S/c1-4-12(5-2)17-15(20)19-16-18-14(10-22-16)11-6-8-13(21-3)9-7-11/h6-10,12H,4-5H2,1-3H3,(H2,17,18,19,20). The summed E-state index contributed by atoms with van der Waals surface area (Å²) in [4.78, 5) is 16.3. The van der Waals surface area contributed by atoms with E-state index in [1.165, 1.54) is 11.3 Å². The van der Waals surface area contributed by atoms with Gasteiger partial charge in [0.1, 0.15) is 5.75 Å². The van der Waals surface area contributed by atoms with Crippen molar-refractivity contribution in [1.82, 2.24) is 10.3 Å². The maximum Gasteiger partial charge on any atom is 0.321 e. The molecule has 0 aliphatic heterocycles. The average Bonchev–Trinajstić information content (AvgIpc) is 3.01. The Bertz CT molecular complexity index is 606. The van der Waals surface area contributed by atoms with Gasteiger partial charge in [-0.3, -0.25) is 5.32 Å². The summed E-state index contributed by atoms with van der Waals surface area (Å²) < 4.78 is 5.14. The zero-order valence-electron chi connectivity index (χ0n) is 13.1. The highest BCUT2D eigenvalue weighted by atomic mass is 32.1. The smallest absolute Gasteiger partial charge is 0.321 e. The summed E-state index contributed by atoms with van der Waals surface area (Å²) in [5, 5.41) is 8.23. The van der Waals surface area contributed by atoms with Crippen LogP contribution in [0.3, 0.4) is 0 Å². The average molecular weight is 319 g/mol. The molecule has 2 aromatic rings.